The maximum absolute atomic E-state index is 10.6. The molecule has 1 rings (SSSR count). The van der Waals surface area contributed by atoms with Gasteiger partial charge in [-0.05, 0) is 38.0 Å². The number of hydrogen-bond donors (Lipinski definition) is 3. The van der Waals surface area contributed by atoms with Crippen molar-refractivity contribution in [2.75, 3.05) is 6.61 Å². The van der Waals surface area contributed by atoms with Gasteiger partial charge in [0.2, 0.25) is 0 Å². The topological polar surface area (TPSA) is 96.2 Å². The first-order valence-corrected chi connectivity index (χ1v) is 7.24. The summed E-state index contributed by atoms with van der Waals surface area (Å²) in [5.41, 5.74) is -0.0958. The predicted octanol–water partition coefficient (Wildman–Crippen LogP) is 2.10. The van der Waals surface area contributed by atoms with Gasteiger partial charge in [-0.1, -0.05) is 19.1 Å². The zero-order chi connectivity index (χ0) is 16.8. The molecule has 0 fully saturated rings. The first-order valence-electron chi connectivity index (χ1n) is 7.24. The molecule has 6 heteroatoms. The summed E-state index contributed by atoms with van der Waals surface area (Å²) in [5, 5.41) is 27.8. The van der Waals surface area contributed by atoms with E-state index in [0.717, 1.165) is 6.42 Å². The maximum Gasteiger partial charge on any atom is 0.337 e. The molecule has 124 valence electrons. The van der Waals surface area contributed by atoms with E-state index in [4.69, 9.17) is 14.6 Å². The van der Waals surface area contributed by atoms with Crippen LogP contribution in [0.2, 0.25) is 0 Å². The lowest BCUT2D eigenvalue weighted by Crippen LogP contribution is -2.30. The third-order valence-corrected chi connectivity index (χ3v) is 3.37. The average molecular weight is 312 g/mol. The smallest absolute Gasteiger partial charge is 0.337 e. The molecule has 0 amide bonds. The third-order valence-electron chi connectivity index (χ3n) is 3.37. The minimum atomic E-state index is -1.54. The Bertz CT molecular complexity index is 468. The van der Waals surface area contributed by atoms with Crippen molar-refractivity contribution in [1.82, 2.24) is 0 Å². The summed E-state index contributed by atoms with van der Waals surface area (Å²) in [7, 11) is 0. The highest BCUT2D eigenvalue weighted by Gasteiger charge is 2.20. The molecule has 0 aliphatic rings. The summed E-state index contributed by atoms with van der Waals surface area (Å²) >= 11 is 0. The monoisotopic (exact) mass is 312 g/mol. The van der Waals surface area contributed by atoms with E-state index in [1.54, 1.807) is 12.1 Å². The Morgan fingerprint density at radius 1 is 1.23 bits per heavy atom. The number of carbonyl (C=O) groups is 1. The SMILES string of the molecule is CCC(C)(C)OC(O)CCOc1ccc(C(O)C(=O)O)cc1. The molecule has 3 N–H and O–H groups in total. The van der Waals surface area contributed by atoms with Crippen LogP contribution in [0.15, 0.2) is 24.3 Å². The number of aliphatic hydroxyl groups excluding tert-OH is 2. The number of carboxylic acid groups (broad SMARTS) is 1. The molecule has 1 aromatic carbocycles. The minimum Gasteiger partial charge on any atom is -0.493 e. The Morgan fingerprint density at radius 3 is 2.32 bits per heavy atom. The summed E-state index contributed by atoms with van der Waals surface area (Å²) in [4.78, 5) is 10.6. The predicted molar refractivity (Wildman–Crippen MR) is 80.6 cm³/mol. The van der Waals surface area contributed by atoms with E-state index in [1.807, 2.05) is 20.8 Å². The summed E-state index contributed by atoms with van der Waals surface area (Å²) in [5.74, 6) is -0.768. The average Bonchev–Trinajstić information content (AvgIpc) is 2.46. The molecule has 0 spiro atoms. The number of benzene rings is 1. The van der Waals surface area contributed by atoms with Crippen LogP contribution in [0, 0.1) is 0 Å². The van der Waals surface area contributed by atoms with Crippen LogP contribution in [0.25, 0.3) is 0 Å². The molecule has 0 bridgehead atoms. The lowest BCUT2D eigenvalue weighted by molar-refractivity contribution is -0.178. The molecule has 0 saturated carbocycles. The number of aliphatic hydroxyl groups is 2. The van der Waals surface area contributed by atoms with Gasteiger partial charge in [-0.3, -0.25) is 0 Å². The first-order chi connectivity index (χ1) is 10.2. The van der Waals surface area contributed by atoms with Crippen LogP contribution in [0.5, 0.6) is 5.75 Å². The largest absolute Gasteiger partial charge is 0.493 e. The van der Waals surface area contributed by atoms with Gasteiger partial charge >= 0.3 is 5.97 Å². The fraction of sp³-hybridized carbons (Fsp3) is 0.562. The van der Waals surface area contributed by atoms with Crippen LogP contribution in [-0.2, 0) is 9.53 Å². The molecule has 22 heavy (non-hydrogen) atoms. The van der Waals surface area contributed by atoms with Crippen LogP contribution in [-0.4, -0.2) is 39.8 Å². The van der Waals surface area contributed by atoms with E-state index in [0.29, 0.717) is 12.2 Å². The van der Waals surface area contributed by atoms with Crippen molar-refractivity contribution in [3.05, 3.63) is 29.8 Å². The Morgan fingerprint density at radius 2 is 1.82 bits per heavy atom. The molecule has 0 aliphatic carbocycles. The minimum absolute atomic E-state index is 0.266. The molecule has 0 radical (unpaired) electrons. The van der Waals surface area contributed by atoms with Crippen LogP contribution in [0.1, 0.15) is 45.3 Å². The van der Waals surface area contributed by atoms with Crippen molar-refractivity contribution in [2.45, 2.75) is 51.6 Å². The lowest BCUT2D eigenvalue weighted by atomic mass is 10.1. The van der Waals surface area contributed by atoms with Gasteiger partial charge in [0.1, 0.15) is 5.75 Å². The fourth-order valence-corrected chi connectivity index (χ4v) is 1.68. The van der Waals surface area contributed by atoms with E-state index in [2.05, 4.69) is 0 Å². The molecule has 2 unspecified atom stereocenters. The molecular formula is C16H24O6. The Hall–Kier alpha value is -1.63. The van der Waals surface area contributed by atoms with E-state index in [1.165, 1.54) is 12.1 Å². The zero-order valence-electron chi connectivity index (χ0n) is 13.2. The van der Waals surface area contributed by atoms with Gasteiger partial charge in [-0.2, -0.15) is 0 Å². The van der Waals surface area contributed by atoms with E-state index in [9.17, 15) is 15.0 Å². The van der Waals surface area contributed by atoms with Gasteiger partial charge in [-0.25, -0.2) is 4.79 Å². The number of aliphatic carboxylic acids is 1. The third kappa shape index (κ3) is 6.01. The van der Waals surface area contributed by atoms with Gasteiger partial charge in [0.15, 0.2) is 12.4 Å². The zero-order valence-corrected chi connectivity index (χ0v) is 13.2. The highest BCUT2D eigenvalue weighted by molar-refractivity contribution is 5.74. The molecule has 0 aromatic heterocycles. The number of carboxylic acids is 1. The van der Waals surface area contributed by atoms with E-state index >= 15 is 0 Å². The molecule has 0 heterocycles. The molecule has 1 aromatic rings. The standard InChI is InChI=1S/C16H24O6/c1-4-16(2,3)22-13(17)9-10-21-12-7-5-11(6-8-12)14(18)15(19)20/h5-8,13-14,17-18H,4,9-10H2,1-3H3,(H,19,20). The summed E-state index contributed by atoms with van der Waals surface area (Å²) in [6.07, 6.45) is -1.33. The quantitative estimate of drug-likeness (QED) is 0.604. The van der Waals surface area contributed by atoms with Crippen LogP contribution in [0.4, 0.5) is 0 Å². The highest BCUT2D eigenvalue weighted by atomic mass is 16.6. The molecule has 0 saturated heterocycles. The Labute approximate surface area is 130 Å². The van der Waals surface area contributed by atoms with Gasteiger partial charge in [-0.15, -0.1) is 0 Å². The van der Waals surface area contributed by atoms with Crippen molar-refractivity contribution in [2.24, 2.45) is 0 Å². The van der Waals surface area contributed by atoms with E-state index in [-0.39, 0.29) is 17.8 Å². The maximum atomic E-state index is 10.6. The van der Waals surface area contributed by atoms with Gasteiger partial charge in [0, 0.05) is 6.42 Å². The summed E-state index contributed by atoms with van der Waals surface area (Å²) < 4.78 is 10.9. The molecular weight excluding hydrogens is 288 g/mol. The van der Waals surface area contributed by atoms with Gasteiger partial charge in [0.05, 0.1) is 12.2 Å². The van der Waals surface area contributed by atoms with Crippen molar-refractivity contribution >= 4 is 5.97 Å². The number of rotatable bonds is 9. The lowest BCUT2D eigenvalue weighted by Gasteiger charge is -2.27. The van der Waals surface area contributed by atoms with Crippen molar-refractivity contribution < 1.29 is 29.6 Å². The van der Waals surface area contributed by atoms with Crippen molar-refractivity contribution in [3.63, 3.8) is 0 Å². The Balaban J connectivity index is 2.41. The van der Waals surface area contributed by atoms with Crippen LogP contribution in [0.3, 0.4) is 0 Å². The van der Waals surface area contributed by atoms with Crippen LogP contribution >= 0.6 is 0 Å². The van der Waals surface area contributed by atoms with Gasteiger partial charge < -0.3 is 24.8 Å². The second-order valence-electron chi connectivity index (χ2n) is 5.63. The molecule has 0 aliphatic heterocycles. The summed E-state index contributed by atoms with van der Waals surface area (Å²) in [6, 6.07) is 6.12. The highest BCUT2D eigenvalue weighted by Crippen LogP contribution is 2.19. The second-order valence-corrected chi connectivity index (χ2v) is 5.63. The van der Waals surface area contributed by atoms with Gasteiger partial charge in [0.25, 0.3) is 0 Å². The molecule has 6 nitrogen and oxygen atoms in total. The normalized spacial score (nSPS) is 14.4. The van der Waals surface area contributed by atoms with Crippen molar-refractivity contribution in [1.29, 1.82) is 0 Å². The van der Waals surface area contributed by atoms with Crippen molar-refractivity contribution in [3.8, 4) is 5.75 Å². The number of ether oxygens (including phenoxy) is 2. The fourth-order valence-electron chi connectivity index (χ4n) is 1.68. The Kier molecular flexibility index (Phi) is 6.80. The number of hydrogen-bond acceptors (Lipinski definition) is 5. The first kappa shape index (κ1) is 18.4. The second kappa shape index (κ2) is 8.12. The van der Waals surface area contributed by atoms with E-state index < -0.39 is 18.4 Å². The molecule has 2 atom stereocenters. The van der Waals surface area contributed by atoms with Crippen LogP contribution < -0.4 is 4.74 Å². The summed E-state index contributed by atoms with van der Waals surface area (Å²) in [6.45, 7) is 6.06.